The second-order valence-electron chi connectivity index (χ2n) is 6.20. The van der Waals surface area contributed by atoms with Crippen LogP contribution < -0.4 is 4.90 Å². The van der Waals surface area contributed by atoms with E-state index in [1.165, 1.54) is 11.3 Å². The first-order valence-corrected chi connectivity index (χ1v) is 9.58. The lowest BCUT2D eigenvalue weighted by molar-refractivity contribution is -0.135. The molecule has 2 saturated heterocycles. The van der Waals surface area contributed by atoms with Gasteiger partial charge in [-0.05, 0) is 25.0 Å². The molecule has 5 nitrogen and oxygen atoms in total. The van der Waals surface area contributed by atoms with Crippen LogP contribution in [0.5, 0.6) is 0 Å². The Bertz CT molecular complexity index is 664. The molecule has 1 aromatic rings. The van der Waals surface area contributed by atoms with Gasteiger partial charge in [0.05, 0.1) is 17.4 Å². The molecule has 1 amide bonds. The lowest BCUT2D eigenvalue weighted by atomic mass is 10.1. The Hall–Kier alpha value is -1.56. The predicted octanol–water partition coefficient (Wildman–Crippen LogP) is 1.08. The van der Waals surface area contributed by atoms with E-state index in [4.69, 9.17) is 0 Å². The quantitative estimate of drug-likeness (QED) is 0.817. The fraction of sp³-hybridized carbons (Fsp3) is 0.562. The molecule has 1 aromatic carbocycles. The van der Waals surface area contributed by atoms with E-state index in [-0.39, 0.29) is 23.3 Å². The molecule has 0 spiro atoms. The zero-order valence-electron chi connectivity index (χ0n) is 12.9. The molecule has 120 valence electrons. The summed E-state index contributed by atoms with van der Waals surface area (Å²) in [6, 6.07) is 8.26. The van der Waals surface area contributed by atoms with Crippen molar-refractivity contribution in [3.63, 3.8) is 0 Å². The van der Waals surface area contributed by atoms with Gasteiger partial charge in [0, 0.05) is 31.9 Å². The van der Waals surface area contributed by atoms with Gasteiger partial charge in [-0.2, -0.15) is 0 Å². The number of carbonyl (C=O) groups is 1. The number of anilines is 1. The molecule has 2 fully saturated rings. The Labute approximate surface area is 131 Å². The van der Waals surface area contributed by atoms with Crippen molar-refractivity contribution >= 4 is 21.4 Å². The highest BCUT2D eigenvalue weighted by Crippen LogP contribution is 2.24. The molecule has 2 aliphatic rings. The van der Waals surface area contributed by atoms with Crippen molar-refractivity contribution in [1.29, 1.82) is 0 Å². The third-order valence-corrected chi connectivity index (χ3v) is 6.40. The van der Waals surface area contributed by atoms with Crippen LogP contribution in [0.3, 0.4) is 0 Å². The second-order valence-corrected chi connectivity index (χ2v) is 8.43. The highest BCUT2D eigenvalue weighted by Gasteiger charge is 2.36. The van der Waals surface area contributed by atoms with Crippen molar-refractivity contribution in [1.82, 2.24) is 4.90 Å². The maximum Gasteiger partial charge on any atom is 0.226 e. The molecule has 0 aliphatic carbocycles. The number of benzene rings is 1. The molecule has 3 rings (SSSR count). The molecule has 0 N–H and O–H groups in total. The average Bonchev–Trinajstić information content (AvgIpc) is 2.87. The summed E-state index contributed by atoms with van der Waals surface area (Å²) in [7, 11) is -3.00. The van der Waals surface area contributed by atoms with Crippen LogP contribution in [-0.4, -0.2) is 56.9 Å². The number of para-hydroxylation sites is 1. The fourth-order valence-corrected chi connectivity index (χ4v) is 5.07. The van der Waals surface area contributed by atoms with Gasteiger partial charge in [0.15, 0.2) is 9.84 Å². The Morgan fingerprint density at radius 3 is 2.41 bits per heavy atom. The van der Waals surface area contributed by atoms with E-state index in [1.807, 2.05) is 17.0 Å². The first kappa shape index (κ1) is 15.3. The van der Waals surface area contributed by atoms with Gasteiger partial charge in [-0.25, -0.2) is 8.42 Å². The van der Waals surface area contributed by atoms with Crippen LogP contribution >= 0.6 is 0 Å². The molecule has 0 aromatic heterocycles. The molecule has 1 atom stereocenters. The standard InChI is InChI=1S/C16H22N2O3S/c1-13-4-2-3-5-15(13)17-7-9-18(10-8-17)16(19)14-6-11-22(20,21)12-14/h2-5,14H,6-12H2,1H3. The summed E-state index contributed by atoms with van der Waals surface area (Å²) in [4.78, 5) is 16.6. The topological polar surface area (TPSA) is 57.7 Å². The van der Waals surface area contributed by atoms with Crippen molar-refractivity contribution < 1.29 is 13.2 Å². The molecule has 2 aliphatic heterocycles. The van der Waals surface area contributed by atoms with Crippen molar-refractivity contribution in [3.05, 3.63) is 29.8 Å². The number of hydrogen-bond donors (Lipinski definition) is 0. The van der Waals surface area contributed by atoms with Gasteiger partial charge in [-0.15, -0.1) is 0 Å². The third kappa shape index (κ3) is 3.11. The van der Waals surface area contributed by atoms with E-state index in [1.54, 1.807) is 0 Å². The van der Waals surface area contributed by atoms with Crippen molar-refractivity contribution in [3.8, 4) is 0 Å². The van der Waals surface area contributed by atoms with Crippen molar-refractivity contribution in [2.45, 2.75) is 13.3 Å². The minimum Gasteiger partial charge on any atom is -0.368 e. The summed E-state index contributed by atoms with van der Waals surface area (Å²) in [5.74, 6) is -0.114. The first-order chi connectivity index (χ1) is 10.5. The molecular weight excluding hydrogens is 300 g/mol. The SMILES string of the molecule is Cc1ccccc1N1CCN(C(=O)C2CCS(=O)(=O)C2)CC1. The van der Waals surface area contributed by atoms with Gasteiger partial charge in [0.1, 0.15) is 0 Å². The highest BCUT2D eigenvalue weighted by atomic mass is 32.2. The number of amides is 1. The van der Waals surface area contributed by atoms with E-state index in [0.29, 0.717) is 19.5 Å². The first-order valence-electron chi connectivity index (χ1n) is 7.76. The Balaban J connectivity index is 1.60. The molecule has 0 saturated carbocycles. The van der Waals surface area contributed by atoms with Crippen LogP contribution in [0.15, 0.2) is 24.3 Å². The lowest BCUT2D eigenvalue weighted by Gasteiger charge is -2.37. The smallest absolute Gasteiger partial charge is 0.226 e. The fourth-order valence-electron chi connectivity index (χ4n) is 3.33. The van der Waals surface area contributed by atoms with Crippen molar-refractivity contribution in [2.75, 3.05) is 42.6 Å². The molecule has 22 heavy (non-hydrogen) atoms. The Morgan fingerprint density at radius 2 is 1.82 bits per heavy atom. The van der Waals surface area contributed by atoms with E-state index < -0.39 is 9.84 Å². The van der Waals surface area contributed by atoms with Crippen LogP contribution in [-0.2, 0) is 14.6 Å². The maximum atomic E-state index is 12.4. The Kier molecular flexibility index (Phi) is 4.12. The minimum atomic E-state index is -3.00. The van der Waals surface area contributed by atoms with E-state index in [2.05, 4.69) is 24.0 Å². The number of nitrogens with zero attached hydrogens (tertiary/aromatic N) is 2. The number of rotatable bonds is 2. The largest absolute Gasteiger partial charge is 0.368 e. The van der Waals surface area contributed by atoms with Crippen LogP contribution in [0.4, 0.5) is 5.69 Å². The second kappa shape index (κ2) is 5.91. The number of aryl methyl sites for hydroxylation is 1. The highest BCUT2D eigenvalue weighted by molar-refractivity contribution is 7.91. The summed E-state index contributed by atoms with van der Waals surface area (Å²) < 4.78 is 23.0. The van der Waals surface area contributed by atoms with Gasteiger partial charge >= 0.3 is 0 Å². The van der Waals surface area contributed by atoms with Gasteiger partial charge in [0.25, 0.3) is 0 Å². The molecule has 0 radical (unpaired) electrons. The number of sulfone groups is 1. The third-order valence-electron chi connectivity index (χ3n) is 4.63. The maximum absolute atomic E-state index is 12.4. The van der Waals surface area contributed by atoms with Crippen LogP contribution in [0.2, 0.25) is 0 Å². The minimum absolute atomic E-state index is 0.0190. The monoisotopic (exact) mass is 322 g/mol. The molecule has 6 heteroatoms. The van der Waals surface area contributed by atoms with E-state index >= 15 is 0 Å². The number of piperazine rings is 1. The summed E-state index contributed by atoms with van der Waals surface area (Å²) in [5, 5.41) is 0. The molecule has 1 unspecified atom stereocenters. The van der Waals surface area contributed by atoms with E-state index in [0.717, 1.165) is 13.1 Å². The number of carbonyl (C=O) groups excluding carboxylic acids is 1. The van der Waals surface area contributed by atoms with Gasteiger partial charge in [0.2, 0.25) is 5.91 Å². The normalized spacial score (nSPS) is 24.5. The molecule has 0 bridgehead atoms. The van der Waals surface area contributed by atoms with E-state index in [9.17, 15) is 13.2 Å². The van der Waals surface area contributed by atoms with Crippen LogP contribution in [0, 0.1) is 12.8 Å². The molecular formula is C16H22N2O3S. The number of hydrogen-bond acceptors (Lipinski definition) is 4. The van der Waals surface area contributed by atoms with Crippen LogP contribution in [0.1, 0.15) is 12.0 Å². The lowest BCUT2D eigenvalue weighted by Crippen LogP contribution is -2.50. The van der Waals surface area contributed by atoms with Gasteiger partial charge in [-0.3, -0.25) is 4.79 Å². The van der Waals surface area contributed by atoms with Crippen LogP contribution in [0.25, 0.3) is 0 Å². The summed E-state index contributed by atoms with van der Waals surface area (Å²) in [5.41, 5.74) is 2.46. The zero-order chi connectivity index (χ0) is 15.7. The van der Waals surface area contributed by atoms with Gasteiger partial charge < -0.3 is 9.80 Å². The summed E-state index contributed by atoms with van der Waals surface area (Å²) in [6.45, 7) is 5.04. The van der Waals surface area contributed by atoms with Crippen molar-refractivity contribution in [2.24, 2.45) is 5.92 Å². The predicted molar refractivity (Wildman–Crippen MR) is 86.7 cm³/mol. The molecule has 2 heterocycles. The summed E-state index contributed by atoms with van der Waals surface area (Å²) in [6.07, 6.45) is 0.485. The Morgan fingerprint density at radius 1 is 1.14 bits per heavy atom. The van der Waals surface area contributed by atoms with Gasteiger partial charge in [-0.1, -0.05) is 18.2 Å². The average molecular weight is 322 g/mol. The zero-order valence-corrected chi connectivity index (χ0v) is 13.7. The summed E-state index contributed by atoms with van der Waals surface area (Å²) >= 11 is 0.